The molecular formula is C28H29N5O. The lowest BCUT2D eigenvalue weighted by Gasteiger charge is -2.14. The van der Waals surface area contributed by atoms with E-state index in [9.17, 15) is 0 Å². The largest absolute Gasteiger partial charge is 0.481 e. The molecule has 2 aromatic heterocycles. The van der Waals surface area contributed by atoms with Crippen LogP contribution >= 0.6 is 0 Å². The van der Waals surface area contributed by atoms with Crippen molar-refractivity contribution in [3.05, 3.63) is 72.3 Å². The summed E-state index contributed by atoms with van der Waals surface area (Å²) in [6.45, 7) is 3.99. The van der Waals surface area contributed by atoms with Crippen LogP contribution in [-0.4, -0.2) is 45.7 Å². The Morgan fingerprint density at radius 3 is 2.53 bits per heavy atom. The van der Waals surface area contributed by atoms with Gasteiger partial charge in [0.2, 0.25) is 5.95 Å². The van der Waals surface area contributed by atoms with Gasteiger partial charge in [-0.05, 0) is 99.4 Å². The molecular weight excluding hydrogens is 422 g/mol. The number of aromatic nitrogens is 3. The van der Waals surface area contributed by atoms with Gasteiger partial charge in [0, 0.05) is 11.3 Å². The Hall–Kier alpha value is -3.82. The van der Waals surface area contributed by atoms with Gasteiger partial charge in [-0.15, -0.1) is 11.5 Å². The summed E-state index contributed by atoms with van der Waals surface area (Å²) in [5.41, 5.74) is 5.11. The minimum atomic E-state index is 0.257. The predicted octanol–water partition coefficient (Wildman–Crippen LogP) is 5.18. The number of hydrogen-bond donors (Lipinski definition) is 1. The molecule has 0 bridgehead atoms. The van der Waals surface area contributed by atoms with Gasteiger partial charge < -0.3 is 15.0 Å². The number of ether oxygens (including phenoxy) is 1. The zero-order valence-corrected chi connectivity index (χ0v) is 19.3. The maximum absolute atomic E-state index is 5.47. The van der Waals surface area contributed by atoms with E-state index >= 15 is 0 Å². The number of rotatable bonds is 9. The number of hydrogen-bond acceptors (Lipinski definition) is 5. The fourth-order valence-corrected chi connectivity index (χ4v) is 4.42. The van der Waals surface area contributed by atoms with Gasteiger partial charge in [0.05, 0.1) is 5.69 Å². The summed E-state index contributed by atoms with van der Waals surface area (Å²) in [5.74, 6) is 3.80. The Morgan fingerprint density at radius 1 is 0.971 bits per heavy atom. The van der Waals surface area contributed by atoms with E-state index in [-0.39, 0.29) is 6.61 Å². The number of benzene rings is 2. The van der Waals surface area contributed by atoms with E-state index in [1.807, 2.05) is 47.0 Å². The summed E-state index contributed by atoms with van der Waals surface area (Å²) in [7, 11) is 0. The number of terminal acetylenes is 1. The normalized spacial score (nSPS) is 13.7. The Kier molecular flexibility index (Phi) is 6.73. The molecule has 0 atom stereocenters. The van der Waals surface area contributed by atoms with Crippen molar-refractivity contribution in [2.45, 2.75) is 25.7 Å². The Balaban J connectivity index is 1.25. The van der Waals surface area contributed by atoms with Crippen molar-refractivity contribution in [2.24, 2.45) is 0 Å². The maximum Gasteiger partial charge on any atom is 0.247 e. The van der Waals surface area contributed by atoms with Crippen LogP contribution in [0.1, 0.15) is 24.8 Å². The second-order valence-electron chi connectivity index (χ2n) is 8.61. The van der Waals surface area contributed by atoms with Crippen molar-refractivity contribution >= 4 is 17.3 Å². The van der Waals surface area contributed by atoms with Crippen molar-refractivity contribution in [2.75, 3.05) is 31.6 Å². The number of pyridine rings is 1. The lowest BCUT2D eigenvalue weighted by Crippen LogP contribution is -2.20. The third kappa shape index (κ3) is 5.22. The van der Waals surface area contributed by atoms with E-state index < -0.39 is 0 Å². The second-order valence-corrected chi connectivity index (χ2v) is 8.61. The SMILES string of the molecule is C#CCOc1ccc(-c2cccc3nc(Nc4ccc(CCCN5CCCC5)cc4)nn23)cc1. The molecule has 0 saturated carbocycles. The molecule has 34 heavy (non-hydrogen) atoms. The molecule has 6 nitrogen and oxygen atoms in total. The molecule has 4 aromatic rings. The van der Waals surface area contributed by atoms with E-state index in [1.54, 1.807) is 0 Å². The lowest BCUT2D eigenvalue weighted by atomic mass is 10.1. The molecule has 0 spiro atoms. The Bertz CT molecular complexity index is 1270. The van der Waals surface area contributed by atoms with Crippen LogP contribution in [0.4, 0.5) is 11.6 Å². The van der Waals surface area contributed by atoms with Gasteiger partial charge in [0.15, 0.2) is 5.65 Å². The minimum absolute atomic E-state index is 0.257. The van der Waals surface area contributed by atoms with Crippen LogP contribution < -0.4 is 10.1 Å². The van der Waals surface area contributed by atoms with Gasteiger partial charge >= 0.3 is 0 Å². The van der Waals surface area contributed by atoms with E-state index in [0.717, 1.165) is 34.8 Å². The molecule has 0 aliphatic carbocycles. The molecule has 2 aromatic carbocycles. The highest BCUT2D eigenvalue weighted by Gasteiger charge is 2.11. The summed E-state index contributed by atoms with van der Waals surface area (Å²) in [6.07, 6.45) is 10.3. The quantitative estimate of drug-likeness (QED) is 0.355. The molecule has 1 aliphatic rings. The average Bonchev–Trinajstić information content (AvgIpc) is 3.53. The molecule has 1 fully saturated rings. The zero-order chi connectivity index (χ0) is 23.2. The average molecular weight is 452 g/mol. The molecule has 1 N–H and O–H groups in total. The van der Waals surface area contributed by atoms with Gasteiger partial charge in [0.25, 0.3) is 0 Å². The highest BCUT2D eigenvalue weighted by Crippen LogP contribution is 2.24. The molecule has 1 aliphatic heterocycles. The second kappa shape index (κ2) is 10.4. The monoisotopic (exact) mass is 451 g/mol. The van der Waals surface area contributed by atoms with Crippen molar-refractivity contribution < 1.29 is 4.74 Å². The third-order valence-electron chi connectivity index (χ3n) is 6.18. The van der Waals surface area contributed by atoms with Gasteiger partial charge in [0.1, 0.15) is 12.4 Å². The van der Waals surface area contributed by atoms with E-state index in [1.165, 1.54) is 44.5 Å². The molecule has 6 heteroatoms. The van der Waals surface area contributed by atoms with Crippen LogP contribution in [0, 0.1) is 12.3 Å². The topological polar surface area (TPSA) is 54.7 Å². The number of aryl methyl sites for hydroxylation is 1. The zero-order valence-electron chi connectivity index (χ0n) is 19.3. The first-order valence-electron chi connectivity index (χ1n) is 11.9. The van der Waals surface area contributed by atoms with Gasteiger partial charge in [-0.3, -0.25) is 0 Å². The summed E-state index contributed by atoms with van der Waals surface area (Å²) < 4.78 is 7.33. The smallest absolute Gasteiger partial charge is 0.247 e. The molecule has 1 saturated heterocycles. The lowest BCUT2D eigenvalue weighted by molar-refractivity contribution is 0.334. The number of nitrogens with zero attached hydrogens (tertiary/aromatic N) is 4. The van der Waals surface area contributed by atoms with Crippen LogP contribution in [0.25, 0.3) is 16.9 Å². The number of anilines is 2. The predicted molar refractivity (Wildman–Crippen MR) is 136 cm³/mol. The van der Waals surface area contributed by atoms with Crippen molar-refractivity contribution in [1.82, 2.24) is 19.5 Å². The molecule has 0 unspecified atom stereocenters. The van der Waals surface area contributed by atoms with Crippen molar-refractivity contribution in [3.63, 3.8) is 0 Å². The van der Waals surface area contributed by atoms with Gasteiger partial charge in [-0.25, -0.2) is 4.52 Å². The van der Waals surface area contributed by atoms with Crippen molar-refractivity contribution in [1.29, 1.82) is 0 Å². The number of likely N-dealkylation sites (tertiary alicyclic amines) is 1. The molecule has 3 heterocycles. The fourth-order valence-electron chi connectivity index (χ4n) is 4.42. The minimum Gasteiger partial charge on any atom is -0.481 e. The third-order valence-corrected chi connectivity index (χ3v) is 6.18. The van der Waals surface area contributed by atoms with Crippen LogP contribution in [-0.2, 0) is 6.42 Å². The molecule has 172 valence electrons. The summed E-state index contributed by atoms with van der Waals surface area (Å²) in [5, 5.41) is 8.05. The Labute approximate surface area is 200 Å². The van der Waals surface area contributed by atoms with Crippen LogP contribution in [0.3, 0.4) is 0 Å². The highest BCUT2D eigenvalue weighted by atomic mass is 16.5. The molecule has 5 rings (SSSR count). The summed E-state index contributed by atoms with van der Waals surface area (Å²) in [4.78, 5) is 7.23. The Morgan fingerprint density at radius 2 is 1.76 bits per heavy atom. The number of fused-ring (bicyclic) bond motifs is 1. The summed E-state index contributed by atoms with van der Waals surface area (Å²) in [6, 6.07) is 22.4. The first kappa shape index (κ1) is 22.0. The molecule has 0 amide bonds. The van der Waals surface area contributed by atoms with Crippen LogP contribution in [0.15, 0.2) is 66.7 Å². The fraction of sp³-hybridized carbons (Fsp3) is 0.286. The first-order valence-corrected chi connectivity index (χ1v) is 11.9. The first-order chi connectivity index (χ1) is 16.8. The van der Waals surface area contributed by atoms with Gasteiger partial charge in [-0.1, -0.05) is 24.1 Å². The summed E-state index contributed by atoms with van der Waals surface area (Å²) >= 11 is 0. The number of nitrogens with one attached hydrogen (secondary N) is 1. The molecule has 0 radical (unpaired) electrons. The van der Waals surface area contributed by atoms with Crippen LogP contribution in [0.2, 0.25) is 0 Å². The van der Waals surface area contributed by atoms with E-state index in [0.29, 0.717) is 5.95 Å². The highest BCUT2D eigenvalue weighted by molar-refractivity contribution is 5.65. The van der Waals surface area contributed by atoms with E-state index in [2.05, 4.69) is 45.4 Å². The van der Waals surface area contributed by atoms with Crippen molar-refractivity contribution in [3.8, 4) is 29.4 Å². The maximum atomic E-state index is 5.47. The van der Waals surface area contributed by atoms with Crippen LogP contribution in [0.5, 0.6) is 5.75 Å². The standard InChI is InChI=1S/C28H29N5O/c1-2-21-34-25-16-12-23(13-17-25)26-8-5-9-27-30-28(31-33(26)27)29-24-14-10-22(11-15-24)7-6-20-32-18-3-4-19-32/h1,5,8-17H,3-4,6-7,18-21H2,(H,29,31). The van der Waals surface area contributed by atoms with E-state index in [4.69, 9.17) is 16.3 Å². The van der Waals surface area contributed by atoms with Gasteiger partial charge in [-0.2, -0.15) is 4.98 Å².